The lowest BCUT2D eigenvalue weighted by Crippen LogP contribution is -1.86. The quantitative estimate of drug-likeness (QED) is 0.393. The Labute approximate surface area is 113 Å². The number of nitro groups is 1. The Hall–Kier alpha value is -2.47. The molecule has 2 aromatic rings. The molecule has 2 aromatic carbocycles. The van der Waals surface area contributed by atoms with Crippen LogP contribution in [-0.4, -0.2) is 4.92 Å². The van der Waals surface area contributed by atoms with Crippen molar-refractivity contribution in [2.75, 3.05) is 5.73 Å². The Morgan fingerprint density at radius 1 is 1.11 bits per heavy atom. The van der Waals surface area contributed by atoms with E-state index in [1.807, 2.05) is 0 Å². The molecule has 0 aromatic heterocycles. The summed E-state index contributed by atoms with van der Waals surface area (Å²) in [7, 11) is 0. The van der Waals surface area contributed by atoms with Crippen molar-refractivity contribution in [3.63, 3.8) is 0 Å². The number of azo groups is 1. The van der Waals surface area contributed by atoms with E-state index >= 15 is 0 Å². The van der Waals surface area contributed by atoms with Crippen LogP contribution in [0.3, 0.4) is 0 Å². The lowest BCUT2D eigenvalue weighted by atomic mass is 10.3. The number of nitrogens with zero attached hydrogens (tertiary/aromatic N) is 3. The van der Waals surface area contributed by atoms with Gasteiger partial charge < -0.3 is 5.73 Å². The Morgan fingerprint density at radius 2 is 1.79 bits per heavy atom. The maximum absolute atomic E-state index is 10.6. The molecule has 0 amide bonds. The molecule has 2 N–H and O–H groups in total. The van der Waals surface area contributed by atoms with Crippen molar-refractivity contribution in [3.05, 3.63) is 57.6 Å². The third-order valence-electron chi connectivity index (χ3n) is 2.31. The highest BCUT2D eigenvalue weighted by Gasteiger charge is 2.08. The molecule has 2 rings (SSSR count). The maximum atomic E-state index is 10.6. The van der Waals surface area contributed by atoms with Crippen LogP contribution >= 0.6 is 11.6 Å². The molecular weight excluding hydrogens is 268 g/mol. The average Bonchev–Trinajstić information content (AvgIpc) is 2.39. The summed E-state index contributed by atoms with van der Waals surface area (Å²) in [5, 5.41) is 18.6. The third-order valence-corrected chi connectivity index (χ3v) is 2.61. The first kappa shape index (κ1) is 13.0. The molecule has 96 valence electrons. The van der Waals surface area contributed by atoms with Crippen LogP contribution in [-0.2, 0) is 0 Å². The van der Waals surface area contributed by atoms with Gasteiger partial charge in [-0.05, 0) is 30.3 Å². The second-order valence-electron chi connectivity index (χ2n) is 3.68. The van der Waals surface area contributed by atoms with Crippen molar-refractivity contribution in [3.8, 4) is 0 Å². The van der Waals surface area contributed by atoms with E-state index in [0.29, 0.717) is 17.1 Å². The molecule has 0 radical (unpaired) electrons. The normalized spacial score (nSPS) is 10.8. The lowest BCUT2D eigenvalue weighted by Gasteiger charge is -1.97. The molecule has 7 heteroatoms. The summed E-state index contributed by atoms with van der Waals surface area (Å²) in [5.74, 6) is 0. The average molecular weight is 277 g/mol. The number of rotatable bonds is 3. The van der Waals surface area contributed by atoms with Gasteiger partial charge in [-0.3, -0.25) is 10.1 Å². The lowest BCUT2D eigenvalue weighted by molar-refractivity contribution is -0.384. The van der Waals surface area contributed by atoms with E-state index in [1.165, 1.54) is 18.2 Å². The van der Waals surface area contributed by atoms with Gasteiger partial charge in [0.1, 0.15) is 5.69 Å². The fourth-order valence-electron chi connectivity index (χ4n) is 1.34. The fraction of sp³-hybridized carbons (Fsp3) is 0. The molecule has 0 spiro atoms. The Morgan fingerprint density at radius 3 is 2.37 bits per heavy atom. The monoisotopic (exact) mass is 276 g/mol. The number of halogens is 1. The summed E-state index contributed by atoms with van der Waals surface area (Å²) in [4.78, 5) is 10.0. The van der Waals surface area contributed by atoms with Crippen LogP contribution in [0.1, 0.15) is 0 Å². The molecular formula is C12H9ClN4O2. The topological polar surface area (TPSA) is 93.9 Å². The molecule has 0 aliphatic heterocycles. The number of anilines is 1. The van der Waals surface area contributed by atoms with Crippen LogP contribution in [0, 0.1) is 10.1 Å². The molecule has 0 atom stereocenters. The minimum Gasteiger partial charge on any atom is -0.399 e. The molecule has 6 nitrogen and oxygen atoms in total. The molecule has 0 aliphatic rings. The number of hydrogen-bond donors (Lipinski definition) is 1. The van der Waals surface area contributed by atoms with Gasteiger partial charge in [-0.1, -0.05) is 11.6 Å². The van der Waals surface area contributed by atoms with E-state index in [2.05, 4.69) is 10.2 Å². The molecule has 0 fully saturated rings. The number of nitro benzene ring substituents is 1. The first-order valence-corrected chi connectivity index (χ1v) is 5.65. The predicted molar refractivity (Wildman–Crippen MR) is 73.1 cm³/mol. The molecule has 0 unspecified atom stereocenters. The van der Waals surface area contributed by atoms with E-state index in [0.717, 1.165) is 0 Å². The summed E-state index contributed by atoms with van der Waals surface area (Å²) in [5.41, 5.74) is 7.07. The highest BCUT2D eigenvalue weighted by Crippen LogP contribution is 2.30. The van der Waals surface area contributed by atoms with Gasteiger partial charge in [0.15, 0.2) is 0 Å². The van der Waals surface area contributed by atoms with Crippen molar-refractivity contribution in [2.45, 2.75) is 0 Å². The number of nitrogen functional groups attached to an aromatic ring is 1. The zero-order valence-electron chi connectivity index (χ0n) is 9.65. The molecule has 0 saturated heterocycles. The Balaban J connectivity index is 2.23. The highest BCUT2D eigenvalue weighted by molar-refractivity contribution is 6.33. The first-order chi connectivity index (χ1) is 9.06. The van der Waals surface area contributed by atoms with Gasteiger partial charge in [-0.25, -0.2) is 0 Å². The number of benzene rings is 2. The van der Waals surface area contributed by atoms with Gasteiger partial charge in [0.05, 0.1) is 15.6 Å². The third kappa shape index (κ3) is 3.26. The Kier molecular flexibility index (Phi) is 3.72. The van der Waals surface area contributed by atoms with Crippen molar-refractivity contribution >= 4 is 34.4 Å². The van der Waals surface area contributed by atoms with Crippen LogP contribution in [0.2, 0.25) is 5.02 Å². The van der Waals surface area contributed by atoms with Crippen LogP contribution in [0.4, 0.5) is 22.7 Å². The van der Waals surface area contributed by atoms with Crippen LogP contribution in [0.5, 0.6) is 0 Å². The first-order valence-electron chi connectivity index (χ1n) is 5.27. The van der Waals surface area contributed by atoms with Crippen molar-refractivity contribution < 1.29 is 4.92 Å². The summed E-state index contributed by atoms with van der Waals surface area (Å²) >= 11 is 5.89. The zero-order valence-corrected chi connectivity index (χ0v) is 10.4. The van der Waals surface area contributed by atoms with Crippen molar-refractivity contribution in [1.29, 1.82) is 0 Å². The Bertz CT molecular complexity index is 641. The van der Waals surface area contributed by atoms with Gasteiger partial charge in [0.2, 0.25) is 0 Å². The SMILES string of the molecule is Nc1ccc(N=Nc2ccc([N+](=O)[O-])cc2Cl)cc1. The van der Waals surface area contributed by atoms with E-state index < -0.39 is 4.92 Å². The van der Waals surface area contributed by atoms with Gasteiger partial charge in [-0.15, -0.1) is 5.11 Å². The van der Waals surface area contributed by atoms with Gasteiger partial charge in [-0.2, -0.15) is 5.11 Å². The predicted octanol–water partition coefficient (Wildman–Crippen LogP) is 4.25. The smallest absolute Gasteiger partial charge is 0.271 e. The molecule has 0 aliphatic carbocycles. The van der Waals surface area contributed by atoms with E-state index in [9.17, 15) is 10.1 Å². The minimum atomic E-state index is -0.521. The summed E-state index contributed by atoms with van der Waals surface area (Å²) < 4.78 is 0. The van der Waals surface area contributed by atoms with Crippen LogP contribution < -0.4 is 5.73 Å². The van der Waals surface area contributed by atoms with Gasteiger partial charge in [0, 0.05) is 17.8 Å². The van der Waals surface area contributed by atoms with Crippen molar-refractivity contribution in [2.24, 2.45) is 10.2 Å². The van der Waals surface area contributed by atoms with Crippen LogP contribution in [0.15, 0.2) is 52.7 Å². The summed E-state index contributed by atoms with van der Waals surface area (Å²) in [6, 6.07) is 10.8. The van der Waals surface area contributed by atoms with E-state index in [1.54, 1.807) is 24.3 Å². The van der Waals surface area contributed by atoms with E-state index in [4.69, 9.17) is 17.3 Å². The second kappa shape index (κ2) is 5.45. The van der Waals surface area contributed by atoms with Crippen LogP contribution in [0.25, 0.3) is 0 Å². The summed E-state index contributed by atoms with van der Waals surface area (Å²) in [6.07, 6.45) is 0. The summed E-state index contributed by atoms with van der Waals surface area (Å²) in [6.45, 7) is 0. The highest BCUT2D eigenvalue weighted by atomic mass is 35.5. The molecule has 19 heavy (non-hydrogen) atoms. The molecule has 0 bridgehead atoms. The standard InChI is InChI=1S/C12H9ClN4O2/c13-11-7-10(17(18)19)5-6-12(11)16-15-9-3-1-8(14)2-4-9/h1-7H,14H2. The van der Waals surface area contributed by atoms with Gasteiger partial charge >= 0.3 is 0 Å². The fourth-order valence-corrected chi connectivity index (χ4v) is 1.56. The molecule has 0 saturated carbocycles. The largest absolute Gasteiger partial charge is 0.399 e. The zero-order chi connectivity index (χ0) is 13.8. The maximum Gasteiger partial charge on any atom is 0.271 e. The minimum absolute atomic E-state index is 0.0866. The molecule has 0 heterocycles. The number of nitrogens with two attached hydrogens (primary N) is 1. The number of non-ortho nitro benzene ring substituents is 1. The van der Waals surface area contributed by atoms with Gasteiger partial charge in [0.25, 0.3) is 5.69 Å². The van der Waals surface area contributed by atoms with E-state index in [-0.39, 0.29) is 10.7 Å². The number of hydrogen-bond acceptors (Lipinski definition) is 5. The second-order valence-corrected chi connectivity index (χ2v) is 4.09. The van der Waals surface area contributed by atoms with Crippen molar-refractivity contribution in [1.82, 2.24) is 0 Å².